The van der Waals surface area contributed by atoms with Gasteiger partial charge in [-0.15, -0.1) is 11.3 Å². The summed E-state index contributed by atoms with van der Waals surface area (Å²) in [5, 5.41) is 15.0. The van der Waals surface area contributed by atoms with Crippen molar-refractivity contribution in [2.24, 2.45) is 0 Å². The molecule has 6 heteroatoms. The van der Waals surface area contributed by atoms with Crippen molar-refractivity contribution >= 4 is 23.2 Å². The van der Waals surface area contributed by atoms with Crippen molar-refractivity contribution < 1.29 is 14.7 Å². The number of nitrogens with zero attached hydrogens (tertiary/aromatic N) is 1. The SMILES string of the molecule is C=C(C)C=C(C=CC)N(C(=O)Cc1cccs1)C(C(=O)NC1CCCCC1)c1ccc(O)cc1. The number of carbonyl (C=O) groups excluding carboxylic acids is 2. The van der Waals surface area contributed by atoms with Crippen LogP contribution in [0.25, 0.3) is 0 Å². The van der Waals surface area contributed by atoms with Gasteiger partial charge in [0.05, 0.1) is 6.42 Å². The molecular weight excluding hydrogens is 444 g/mol. The number of aromatic hydroxyl groups is 1. The van der Waals surface area contributed by atoms with E-state index in [0.29, 0.717) is 11.3 Å². The first-order valence-electron chi connectivity index (χ1n) is 11.8. The third kappa shape index (κ3) is 6.94. The zero-order valence-electron chi connectivity index (χ0n) is 20.0. The number of rotatable bonds is 9. The molecule has 2 amide bonds. The average Bonchev–Trinajstić information content (AvgIpc) is 3.31. The number of amides is 2. The first kappa shape index (κ1) is 25.5. The summed E-state index contributed by atoms with van der Waals surface area (Å²) in [5.74, 6) is -0.281. The monoisotopic (exact) mass is 478 g/mol. The molecule has 1 atom stereocenters. The Labute approximate surface area is 206 Å². The fourth-order valence-electron chi connectivity index (χ4n) is 4.31. The highest BCUT2D eigenvalue weighted by atomic mass is 32.1. The van der Waals surface area contributed by atoms with E-state index < -0.39 is 6.04 Å². The average molecular weight is 479 g/mol. The summed E-state index contributed by atoms with van der Waals surface area (Å²) in [6.07, 6.45) is 11.0. The molecular formula is C28H34N2O3S. The second kappa shape index (κ2) is 12.4. The lowest BCUT2D eigenvalue weighted by molar-refractivity contribution is -0.138. The van der Waals surface area contributed by atoms with E-state index in [4.69, 9.17) is 0 Å². The summed E-state index contributed by atoms with van der Waals surface area (Å²) in [6.45, 7) is 7.74. The topological polar surface area (TPSA) is 69.6 Å². The van der Waals surface area contributed by atoms with Crippen LogP contribution in [0.1, 0.15) is 62.4 Å². The number of allylic oxidation sites excluding steroid dienone is 4. The minimum absolute atomic E-state index is 0.102. The van der Waals surface area contributed by atoms with Crippen LogP contribution in [0.3, 0.4) is 0 Å². The van der Waals surface area contributed by atoms with Crippen molar-refractivity contribution in [1.29, 1.82) is 0 Å². The van der Waals surface area contributed by atoms with E-state index in [9.17, 15) is 14.7 Å². The molecule has 34 heavy (non-hydrogen) atoms. The highest BCUT2D eigenvalue weighted by Crippen LogP contribution is 2.30. The Hall–Kier alpha value is -3.12. The molecule has 0 saturated heterocycles. The Balaban J connectivity index is 2.07. The lowest BCUT2D eigenvalue weighted by Gasteiger charge is -2.34. The van der Waals surface area contributed by atoms with Gasteiger partial charge in [-0.1, -0.05) is 55.7 Å². The van der Waals surface area contributed by atoms with E-state index in [2.05, 4.69) is 11.9 Å². The number of hydrogen-bond donors (Lipinski definition) is 2. The van der Waals surface area contributed by atoms with Gasteiger partial charge in [-0.25, -0.2) is 0 Å². The second-order valence-corrected chi connectivity index (χ2v) is 9.81. The van der Waals surface area contributed by atoms with Crippen LogP contribution in [-0.2, 0) is 16.0 Å². The number of benzene rings is 1. The van der Waals surface area contributed by atoms with E-state index in [-0.39, 0.29) is 30.0 Å². The summed E-state index contributed by atoms with van der Waals surface area (Å²) >= 11 is 1.52. The molecule has 3 rings (SSSR count). The van der Waals surface area contributed by atoms with E-state index in [1.165, 1.54) is 17.8 Å². The molecule has 180 valence electrons. The van der Waals surface area contributed by atoms with Crippen LogP contribution >= 0.6 is 11.3 Å². The van der Waals surface area contributed by atoms with Gasteiger partial charge in [0.2, 0.25) is 11.8 Å². The van der Waals surface area contributed by atoms with Crippen molar-refractivity contribution in [2.75, 3.05) is 0 Å². The van der Waals surface area contributed by atoms with Crippen molar-refractivity contribution in [1.82, 2.24) is 10.2 Å². The van der Waals surface area contributed by atoms with Crippen molar-refractivity contribution in [3.8, 4) is 5.75 Å². The fourth-order valence-corrected chi connectivity index (χ4v) is 5.00. The number of carbonyl (C=O) groups is 2. The van der Waals surface area contributed by atoms with Crippen LogP contribution in [0.2, 0.25) is 0 Å². The highest BCUT2D eigenvalue weighted by Gasteiger charge is 2.34. The van der Waals surface area contributed by atoms with Gasteiger partial charge in [-0.3, -0.25) is 14.5 Å². The first-order chi connectivity index (χ1) is 16.4. The number of thiophene rings is 1. The summed E-state index contributed by atoms with van der Waals surface area (Å²) in [7, 11) is 0. The van der Waals surface area contributed by atoms with Gasteiger partial charge in [-0.05, 0) is 68.0 Å². The Bertz CT molecular complexity index is 1030. The minimum atomic E-state index is -0.878. The van der Waals surface area contributed by atoms with E-state index in [1.807, 2.05) is 49.6 Å². The number of phenolic OH excluding ortho intramolecular Hbond substituents is 1. The second-order valence-electron chi connectivity index (χ2n) is 8.77. The molecule has 2 N–H and O–H groups in total. The first-order valence-corrected chi connectivity index (χ1v) is 12.7. The third-order valence-corrected chi connectivity index (χ3v) is 6.73. The normalized spacial score (nSPS) is 15.8. The molecule has 1 aromatic heterocycles. The number of phenols is 1. The zero-order valence-corrected chi connectivity index (χ0v) is 20.8. The van der Waals surface area contributed by atoms with Crippen molar-refractivity contribution in [3.63, 3.8) is 0 Å². The van der Waals surface area contributed by atoms with Gasteiger partial charge in [0, 0.05) is 16.6 Å². The molecule has 0 radical (unpaired) electrons. The molecule has 1 aliphatic rings. The maximum absolute atomic E-state index is 13.8. The molecule has 0 spiro atoms. The lowest BCUT2D eigenvalue weighted by atomic mass is 9.94. The Morgan fingerprint density at radius 2 is 1.91 bits per heavy atom. The van der Waals surface area contributed by atoms with Gasteiger partial charge >= 0.3 is 0 Å². The summed E-state index contributed by atoms with van der Waals surface area (Å²) in [6, 6.07) is 9.59. The van der Waals surface area contributed by atoms with Crippen molar-refractivity contribution in [3.05, 3.63) is 88.3 Å². The molecule has 1 fully saturated rings. The van der Waals surface area contributed by atoms with Gasteiger partial charge in [0.1, 0.15) is 11.8 Å². The van der Waals surface area contributed by atoms with Crippen molar-refractivity contribution in [2.45, 2.75) is 64.5 Å². The predicted octanol–water partition coefficient (Wildman–Crippen LogP) is 6.05. The van der Waals surface area contributed by atoms with E-state index >= 15 is 0 Å². The molecule has 5 nitrogen and oxygen atoms in total. The van der Waals surface area contributed by atoms with Crippen LogP contribution in [0.4, 0.5) is 0 Å². The van der Waals surface area contributed by atoms with Crippen LogP contribution in [0.15, 0.2) is 77.9 Å². The number of nitrogens with one attached hydrogen (secondary N) is 1. The maximum atomic E-state index is 13.8. The van der Waals surface area contributed by atoms with Gasteiger partial charge in [0.15, 0.2) is 0 Å². The maximum Gasteiger partial charge on any atom is 0.248 e. The van der Waals surface area contributed by atoms with Crippen LogP contribution in [0, 0.1) is 0 Å². The van der Waals surface area contributed by atoms with Crippen LogP contribution in [-0.4, -0.2) is 27.9 Å². The van der Waals surface area contributed by atoms with Crippen LogP contribution < -0.4 is 5.32 Å². The van der Waals surface area contributed by atoms with E-state index in [1.54, 1.807) is 29.2 Å². The van der Waals surface area contributed by atoms with Gasteiger partial charge in [-0.2, -0.15) is 0 Å². The largest absolute Gasteiger partial charge is 0.508 e. The Morgan fingerprint density at radius 1 is 1.21 bits per heavy atom. The summed E-state index contributed by atoms with van der Waals surface area (Å²) in [5.41, 5.74) is 2.02. The molecule has 1 aromatic carbocycles. The highest BCUT2D eigenvalue weighted by molar-refractivity contribution is 7.10. The standard InChI is InChI=1S/C28H34N2O3S/c1-4-9-23(18-20(2)3)30(26(32)19-25-12-8-17-34-25)27(21-13-15-24(31)16-14-21)28(33)29-22-10-6-5-7-11-22/h4,8-9,12-18,22,27,31H,2,5-7,10-11,19H2,1,3H3,(H,29,33). The Kier molecular flexibility index (Phi) is 9.28. The predicted molar refractivity (Wildman–Crippen MR) is 138 cm³/mol. The van der Waals surface area contributed by atoms with E-state index in [0.717, 1.165) is 36.1 Å². The number of hydrogen-bond acceptors (Lipinski definition) is 4. The fraction of sp³-hybridized carbons (Fsp3) is 0.357. The zero-order chi connectivity index (χ0) is 24.5. The smallest absolute Gasteiger partial charge is 0.248 e. The summed E-state index contributed by atoms with van der Waals surface area (Å²) < 4.78 is 0. The molecule has 0 bridgehead atoms. The quantitative estimate of drug-likeness (QED) is 0.431. The summed E-state index contributed by atoms with van der Waals surface area (Å²) in [4.78, 5) is 30.1. The minimum Gasteiger partial charge on any atom is -0.508 e. The molecule has 1 unspecified atom stereocenters. The van der Waals surface area contributed by atoms with Crippen LogP contribution in [0.5, 0.6) is 5.75 Å². The molecule has 1 aliphatic carbocycles. The molecule has 1 saturated carbocycles. The van der Waals surface area contributed by atoms with Gasteiger partial charge in [0.25, 0.3) is 0 Å². The third-order valence-electron chi connectivity index (χ3n) is 5.85. The lowest BCUT2D eigenvalue weighted by Crippen LogP contribution is -2.47. The Morgan fingerprint density at radius 3 is 2.50 bits per heavy atom. The van der Waals surface area contributed by atoms with Gasteiger partial charge < -0.3 is 10.4 Å². The molecule has 1 heterocycles. The molecule has 0 aliphatic heterocycles. The molecule has 2 aromatic rings.